The zero-order valence-electron chi connectivity index (χ0n) is 20.1. The van der Waals surface area contributed by atoms with Crippen LogP contribution < -0.4 is 4.57 Å². The van der Waals surface area contributed by atoms with Crippen LogP contribution in [0.2, 0.25) is 0 Å². The van der Waals surface area contributed by atoms with E-state index in [-0.39, 0.29) is 0 Å². The summed E-state index contributed by atoms with van der Waals surface area (Å²) in [7, 11) is -6.00. The van der Waals surface area contributed by atoms with Crippen molar-refractivity contribution in [1.29, 1.82) is 0 Å². The number of pyridine rings is 1. The van der Waals surface area contributed by atoms with Crippen molar-refractivity contribution in [2.45, 2.75) is 45.1 Å². The molecule has 1 nitrogen and oxygen atoms in total. The van der Waals surface area contributed by atoms with Gasteiger partial charge in [-0.15, -0.1) is 0 Å². The fourth-order valence-electron chi connectivity index (χ4n) is 5.73. The maximum atomic E-state index is 9.75. The minimum Gasteiger partial charge on any atom is -0.418 e. The van der Waals surface area contributed by atoms with Gasteiger partial charge in [0.05, 0.1) is 0 Å². The summed E-state index contributed by atoms with van der Waals surface area (Å²) >= 11 is 0. The highest BCUT2D eigenvalue weighted by atomic mass is 19.5. The van der Waals surface area contributed by atoms with Crippen molar-refractivity contribution < 1.29 is 21.8 Å². The lowest BCUT2D eigenvalue weighted by Crippen LogP contribution is -2.45. The van der Waals surface area contributed by atoms with Gasteiger partial charge in [-0.2, -0.15) is 4.57 Å². The van der Waals surface area contributed by atoms with E-state index >= 15 is 0 Å². The third kappa shape index (κ3) is 5.23. The van der Waals surface area contributed by atoms with Crippen LogP contribution in [0.4, 0.5) is 17.3 Å². The third-order valence-corrected chi connectivity index (χ3v) is 7.09. The second-order valence-corrected chi connectivity index (χ2v) is 9.42. The molecular weight excluding hydrogens is 461 g/mol. The zero-order valence-corrected chi connectivity index (χ0v) is 20.1. The summed E-state index contributed by atoms with van der Waals surface area (Å²) in [6, 6.07) is 31.2. The van der Waals surface area contributed by atoms with E-state index in [1.165, 1.54) is 59.2 Å². The molecule has 0 N–H and O–H groups in total. The summed E-state index contributed by atoms with van der Waals surface area (Å²) in [6.07, 6.45) is 7.22. The maximum Gasteiger partial charge on any atom is 0.673 e. The van der Waals surface area contributed by atoms with E-state index in [0.717, 1.165) is 19.4 Å². The van der Waals surface area contributed by atoms with Crippen LogP contribution in [0.25, 0.3) is 22.4 Å². The first-order valence-corrected chi connectivity index (χ1v) is 12.6. The molecule has 0 unspecified atom stereocenters. The van der Waals surface area contributed by atoms with E-state index in [0.29, 0.717) is 0 Å². The molecule has 2 aliphatic carbocycles. The molecule has 6 rings (SSSR count). The molecule has 1 heterocycles. The molecule has 184 valence electrons. The van der Waals surface area contributed by atoms with E-state index in [1.807, 2.05) is 0 Å². The molecule has 0 saturated carbocycles. The minimum atomic E-state index is -6.00. The molecule has 0 saturated heterocycles. The highest BCUT2D eigenvalue weighted by Crippen LogP contribution is 2.41. The van der Waals surface area contributed by atoms with Crippen LogP contribution in [-0.2, 0) is 32.2 Å². The van der Waals surface area contributed by atoms with Crippen molar-refractivity contribution in [3.05, 3.63) is 113 Å². The molecule has 0 amide bonds. The molecule has 36 heavy (non-hydrogen) atoms. The predicted molar refractivity (Wildman–Crippen MR) is 137 cm³/mol. The average molecular weight is 489 g/mol. The third-order valence-electron chi connectivity index (χ3n) is 7.09. The number of fused-ring (bicyclic) bond motifs is 4. The fraction of sp³-hybridized carbons (Fsp3) is 0.233. The lowest BCUT2D eigenvalue weighted by Gasteiger charge is -2.27. The topological polar surface area (TPSA) is 3.88 Å². The van der Waals surface area contributed by atoms with E-state index in [1.54, 1.807) is 16.8 Å². The van der Waals surface area contributed by atoms with Crippen molar-refractivity contribution in [3.63, 3.8) is 0 Å². The molecule has 0 fully saturated rings. The second kappa shape index (κ2) is 10.3. The fourth-order valence-corrected chi connectivity index (χ4v) is 5.73. The molecule has 6 heteroatoms. The first-order valence-electron chi connectivity index (χ1n) is 12.6. The second-order valence-electron chi connectivity index (χ2n) is 9.42. The van der Waals surface area contributed by atoms with Crippen LogP contribution in [0, 0.1) is 0 Å². The van der Waals surface area contributed by atoms with Gasteiger partial charge < -0.3 is 17.3 Å². The number of hydrogen-bond acceptors (Lipinski definition) is 0. The molecular formula is C30H28BF4N. The quantitative estimate of drug-likeness (QED) is 0.158. The van der Waals surface area contributed by atoms with E-state index in [9.17, 15) is 17.3 Å². The Balaban J connectivity index is 0.000000489. The summed E-state index contributed by atoms with van der Waals surface area (Å²) in [6.45, 7) is 0.953. The molecule has 0 radical (unpaired) electrons. The van der Waals surface area contributed by atoms with Crippen LogP contribution >= 0.6 is 0 Å². The highest BCUT2D eigenvalue weighted by molar-refractivity contribution is 6.50. The Labute approximate surface area is 209 Å². The molecule has 2 aliphatic rings. The summed E-state index contributed by atoms with van der Waals surface area (Å²) in [5.74, 6) is 0. The van der Waals surface area contributed by atoms with Crippen LogP contribution in [0.3, 0.4) is 0 Å². The summed E-state index contributed by atoms with van der Waals surface area (Å²) < 4.78 is 41.7. The van der Waals surface area contributed by atoms with Gasteiger partial charge in [0.25, 0.3) is 0 Å². The van der Waals surface area contributed by atoms with E-state index in [2.05, 4.69) is 89.5 Å². The van der Waals surface area contributed by atoms with Gasteiger partial charge in [0.15, 0.2) is 12.2 Å². The lowest BCUT2D eigenvalue weighted by molar-refractivity contribution is -0.686. The van der Waals surface area contributed by atoms with E-state index < -0.39 is 7.25 Å². The van der Waals surface area contributed by atoms with Gasteiger partial charge in [-0.05, 0) is 49.3 Å². The van der Waals surface area contributed by atoms with Crippen LogP contribution in [0.15, 0.2) is 84.9 Å². The van der Waals surface area contributed by atoms with Crippen LogP contribution in [-0.4, -0.2) is 7.25 Å². The number of halogens is 4. The van der Waals surface area contributed by atoms with Gasteiger partial charge >= 0.3 is 7.25 Å². The number of hydrogen-bond donors (Lipinski definition) is 0. The highest BCUT2D eigenvalue weighted by Gasteiger charge is 2.35. The number of rotatable bonds is 3. The summed E-state index contributed by atoms with van der Waals surface area (Å²) in [4.78, 5) is 0. The Morgan fingerprint density at radius 2 is 1.25 bits per heavy atom. The standard InChI is InChI=1S/C30H28N.BF4/c1-3-11-22(12-4-1)21-31-28-18-10-9-17-26(28)29(24-14-5-2-6-15-24)27-20-19-23-13-7-8-16-25(23)30(27)31;2-1(3,4)5/h1-8,11-16H,9-10,17-21H2;/q+1;-1. The number of nitrogens with zero attached hydrogens (tertiary/aromatic N) is 1. The predicted octanol–water partition coefficient (Wildman–Crippen LogP) is 7.63. The Morgan fingerprint density at radius 1 is 0.639 bits per heavy atom. The van der Waals surface area contributed by atoms with Gasteiger partial charge in [-0.25, -0.2) is 0 Å². The van der Waals surface area contributed by atoms with Crippen molar-refractivity contribution in [1.82, 2.24) is 0 Å². The van der Waals surface area contributed by atoms with E-state index in [4.69, 9.17) is 0 Å². The van der Waals surface area contributed by atoms with Crippen molar-refractivity contribution in [2.75, 3.05) is 0 Å². The SMILES string of the molecule is F[B-](F)(F)F.c1ccc(C[n+]2c3c(c(-c4ccccc4)c4c2-c2ccccc2CC4)CCCC3)cc1. The molecule has 4 aromatic rings. The van der Waals surface area contributed by atoms with Crippen molar-refractivity contribution >= 4 is 7.25 Å². The molecule has 1 aromatic heterocycles. The van der Waals surface area contributed by atoms with Crippen LogP contribution in [0.5, 0.6) is 0 Å². The Morgan fingerprint density at radius 3 is 1.97 bits per heavy atom. The van der Waals surface area contributed by atoms with Gasteiger partial charge in [0, 0.05) is 34.2 Å². The number of aromatic nitrogens is 1. The zero-order chi connectivity index (χ0) is 25.1. The van der Waals surface area contributed by atoms with Gasteiger partial charge in [-0.1, -0.05) is 78.9 Å². The summed E-state index contributed by atoms with van der Waals surface area (Å²) in [5, 5.41) is 0. The smallest absolute Gasteiger partial charge is 0.418 e. The molecule has 0 bridgehead atoms. The van der Waals surface area contributed by atoms with Gasteiger partial charge in [0.2, 0.25) is 5.69 Å². The Hall–Kier alpha value is -3.41. The van der Waals surface area contributed by atoms with Crippen molar-refractivity contribution in [3.8, 4) is 22.4 Å². The summed E-state index contributed by atoms with van der Waals surface area (Å²) in [5.41, 5.74) is 13.4. The number of aryl methyl sites for hydroxylation is 1. The first kappa shape index (κ1) is 24.3. The van der Waals surface area contributed by atoms with Gasteiger partial charge in [-0.3, -0.25) is 0 Å². The normalized spacial score (nSPS) is 14.1. The molecule has 0 atom stereocenters. The largest absolute Gasteiger partial charge is 0.673 e. The average Bonchev–Trinajstić information content (AvgIpc) is 2.88. The van der Waals surface area contributed by atoms with Gasteiger partial charge in [0.1, 0.15) is 0 Å². The Kier molecular flexibility index (Phi) is 6.95. The first-order chi connectivity index (χ1) is 17.4. The lowest BCUT2D eigenvalue weighted by atomic mass is 9.79. The minimum absolute atomic E-state index is 0.953. The molecule has 0 aliphatic heterocycles. The maximum absolute atomic E-state index is 9.75. The molecule has 0 spiro atoms. The monoisotopic (exact) mass is 489 g/mol. The van der Waals surface area contributed by atoms with Crippen molar-refractivity contribution in [2.24, 2.45) is 0 Å². The van der Waals surface area contributed by atoms with Crippen LogP contribution in [0.1, 0.15) is 40.8 Å². The molecule has 3 aromatic carbocycles. The Bertz CT molecular complexity index is 1350. The number of benzene rings is 3.